The number of hydrogen-bond acceptors (Lipinski definition) is 4. The van der Waals surface area contributed by atoms with Crippen LogP contribution in [-0.4, -0.2) is 21.3 Å². The molecule has 0 aliphatic carbocycles. The van der Waals surface area contributed by atoms with Crippen LogP contribution in [0.2, 0.25) is 0 Å². The fourth-order valence-corrected chi connectivity index (χ4v) is 2.24. The number of anilines is 2. The molecular weight excluding hydrogens is 250 g/mol. The molecule has 0 atom stereocenters. The molecule has 1 aromatic carbocycles. The number of hydrogen-bond donors (Lipinski definition) is 2. The standard InChI is InChI=1S/C15H17N5/c1-11-8-19-20(10-11)7-6-17-15-12-4-2-3-5-14(12)18-9-13(15)16/h2-5,8-10H,6-7,16H2,1H3,(H,17,18). The molecule has 0 amide bonds. The first-order valence-electron chi connectivity index (χ1n) is 6.60. The Morgan fingerprint density at radius 3 is 2.90 bits per heavy atom. The summed E-state index contributed by atoms with van der Waals surface area (Å²) in [7, 11) is 0. The summed E-state index contributed by atoms with van der Waals surface area (Å²) in [5.41, 5.74) is 9.74. The van der Waals surface area contributed by atoms with Gasteiger partial charge in [-0.25, -0.2) is 0 Å². The van der Waals surface area contributed by atoms with Gasteiger partial charge in [0.15, 0.2) is 0 Å². The number of rotatable bonds is 4. The second-order valence-corrected chi connectivity index (χ2v) is 4.81. The molecule has 3 aromatic rings. The minimum Gasteiger partial charge on any atom is -0.396 e. The monoisotopic (exact) mass is 267 g/mol. The topological polar surface area (TPSA) is 68.8 Å². The first-order valence-corrected chi connectivity index (χ1v) is 6.60. The van der Waals surface area contributed by atoms with Crippen LogP contribution in [0.15, 0.2) is 42.9 Å². The third-order valence-corrected chi connectivity index (χ3v) is 3.21. The zero-order valence-corrected chi connectivity index (χ0v) is 11.4. The number of nitrogens with one attached hydrogen (secondary N) is 1. The molecule has 0 unspecified atom stereocenters. The van der Waals surface area contributed by atoms with Crippen molar-refractivity contribution in [3.63, 3.8) is 0 Å². The molecule has 3 N–H and O–H groups in total. The van der Waals surface area contributed by atoms with E-state index in [4.69, 9.17) is 5.73 Å². The molecule has 0 radical (unpaired) electrons. The van der Waals surface area contributed by atoms with E-state index in [0.29, 0.717) is 5.69 Å². The first-order chi connectivity index (χ1) is 9.74. The summed E-state index contributed by atoms with van der Waals surface area (Å²) in [5.74, 6) is 0. The van der Waals surface area contributed by atoms with Crippen LogP contribution in [0.25, 0.3) is 10.9 Å². The molecule has 3 rings (SSSR count). The Bertz CT molecular complexity index is 732. The lowest BCUT2D eigenvalue weighted by Crippen LogP contribution is -2.12. The molecule has 0 saturated heterocycles. The maximum Gasteiger partial charge on any atom is 0.0743 e. The second-order valence-electron chi connectivity index (χ2n) is 4.81. The van der Waals surface area contributed by atoms with Crippen molar-refractivity contribution < 1.29 is 0 Å². The van der Waals surface area contributed by atoms with Gasteiger partial charge < -0.3 is 11.1 Å². The third kappa shape index (κ3) is 2.42. The predicted octanol–water partition coefficient (Wildman–Crippen LogP) is 2.43. The average Bonchev–Trinajstić information content (AvgIpc) is 2.87. The fraction of sp³-hybridized carbons (Fsp3) is 0.200. The largest absolute Gasteiger partial charge is 0.396 e. The van der Waals surface area contributed by atoms with Gasteiger partial charge in [0.25, 0.3) is 0 Å². The van der Waals surface area contributed by atoms with Crippen molar-refractivity contribution >= 4 is 22.3 Å². The van der Waals surface area contributed by atoms with Crippen molar-refractivity contribution in [2.45, 2.75) is 13.5 Å². The Hall–Kier alpha value is -2.56. The van der Waals surface area contributed by atoms with E-state index >= 15 is 0 Å². The third-order valence-electron chi connectivity index (χ3n) is 3.21. The van der Waals surface area contributed by atoms with Crippen LogP contribution < -0.4 is 11.1 Å². The Kier molecular flexibility index (Phi) is 3.25. The highest BCUT2D eigenvalue weighted by molar-refractivity contribution is 5.96. The summed E-state index contributed by atoms with van der Waals surface area (Å²) >= 11 is 0. The van der Waals surface area contributed by atoms with E-state index < -0.39 is 0 Å². The van der Waals surface area contributed by atoms with E-state index in [1.54, 1.807) is 6.20 Å². The average molecular weight is 267 g/mol. The lowest BCUT2D eigenvalue weighted by Gasteiger charge is -2.12. The normalized spacial score (nSPS) is 10.8. The Morgan fingerprint density at radius 2 is 2.10 bits per heavy atom. The summed E-state index contributed by atoms with van der Waals surface area (Å²) in [5, 5.41) is 8.70. The molecule has 5 nitrogen and oxygen atoms in total. The van der Waals surface area contributed by atoms with Crippen molar-refractivity contribution in [1.82, 2.24) is 14.8 Å². The Labute approximate surface area is 117 Å². The van der Waals surface area contributed by atoms with E-state index in [1.807, 2.05) is 48.3 Å². The molecule has 102 valence electrons. The number of fused-ring (bicyclic) bond motifs is 1. The zero-order valence-electron chi connectivity index (χ0n) is 11.4. The minimum absolute atomic E-state index is 0.667. The van der Waals surface area contributed by atoms with E-state index in [9.17, 15) is 0 Å². The summed E-state index contributed by atoms with van der Waals surface area (Å²) in [6.45, 7) is 3.59. The van der Waals surface area contributed by atoms with E-state index in [2.05, 4.69) is 15.4 Å². The summed E-state index contributed by atoms with van der Waals surface area (Å²) in [6.07, 6.45) is 5.58. The number of nitrogens with two attached hydrogens (primary N) is 1. The summed E-state index contributed by atoms with van der Waals surface area (Å²) in [6, 6.07) is 7.98. The Balaban J connectivity index is 1.78. The van der Waals surface area contributed by atoms with Crippen molar-refractivity contribution in [3.8, 4) is 0 Å². The van der Waals surface area contributed by atoms with Crippen molar-refractivity contribution in [2.75, 3.05) is 17.6 Å². The Morgan fingerprint density at radius 1 is 1.25 bits per heavy atom. The zero-order chi connectivity index (χ0) is 13.9. The fourth-order valence-electron chi connectivity index (χ4n) is 2.24. The smallest absolute Gasteiger partial charge is 0.0743 e. The highest BCUT2D eigenvalue weighted by Crippen LogP contribution is 2.27. The number of benzene rings is 1. The lowest BCUT2D eigenvalue weighted by molar-refractivity contribution is 0.638. The van der Waals surface area contributed by atoms with Gasteiger partial charge in [-0.3, -0.25) is 9.67 Å². The molecular formula is C15H17N5. The molecule has 0 aliphatic heterocycles. The molecule has 0 saturated carbocycles. The van der Waals surface area contributed by atoms with Crippen LogP contribution in [0.3, 0.4) is 0 Å². The van der Waals surface area contributed by atoms with E-state index in [1.165, 1.54) is 5.56 Å². The summed E-state index contributed by atoms with van der Waals surface area (Å²) in [4.78, 5) is 4.33. The molecule has 5 heteroatoms. The van der Waals surface area contributed by atoms with E-state index in [-0.39, 0.29) is 0 Å². The van der Waals surface area contributed by atoms with Crippen LogP contribution in [-0.2, 0) is 6.54 Å². The van der Waals surface area contributed by atoms with Gasteiger partial charge >= 0.3 is 0 Å². The van der Waals surface area contributed by atoms with E-state index in [0.717, 1.165) is 29.7 Å². The van der Waals surface area contributed by atoms with Crippen molar-refractivity contribution in [3.05, 3.63) is 48.4 Å². The molecule has 2 aromatic heterocycles. The molecule has 0 bridgehead atoms. The van der Waals surface area contributed by atoms with Crippen LogP contribution in [0.1, 0.15) is 5.56 Å². The number of aromatic nitrogens is 3. The first kappa shape index (κ1) is 12.5. The number of aryl methyl sites for hydroxylation is 1. The summed E-state index contributed by atoms with van der Waals surface area (Å²) < 4.78 is 1.92. The number of nitrogen functional groups attached to an aromatic ring is 1. The van der Waals surface area contributed by atoms with Crippen LogP contribution in [0, 0.1) is 6.92 Å². The van der Waals surface area contributed by atoms with Gasteiger partial charge in [0.1, 0.15) is 0 Å². The molecule has 20 heavy (non-hydrogen) atoms. The van der Waals surface area contributed by atoms with Crippen LogP contribution in [0.5, 0.6) is 0 Å². The van der Waals surface area contributed by atoms with Gasteiger partial charge in [0.05, 0.1) is 35.8 Å². The number of para-hydroxylation sites is 1. The van der Waals surface area contributed by atoms with Gasteiger partial charge in [-0.1, -0.05) is 18.2 Å². The molecule has 0 spiro atoms. The van der Waals surface area contributed by atoms with Crippen LogP contribution in [0.4, 0.5) is 11.4 Å². The predicted molar refractivity (Wildman–Crippen MR) is 81.6 cm³/mol. The molecule has 2 heterocycles. The van der Waals surface area contributed by atoms with Gasteiger partial charge in [-0.2, -0.15) is 5.10 Å². The number of pyridine rings is 1. The minimum atomic E-state index is 0.667. The number of nitrogens with zero attached hydrogens (tertiary/aromatic N) is 3. The van der Waals surface area contributed by atoms with Gasteiger partial charge in [0.2, 0.25) is 0 Å². The highest BCUT2D eigenvalue weighted by Gasteiger charge is 2.05. The maximum atomic E-state index is 6.02. The van der Waals surface area contributed by atoms with Gasteiger partial charge in [-0.15, -0.1) is 0 Å². The van der Waals surface area contributed by atoms with Crippen molar-refractivity contribution in [2.24, 2.45) is 0 Å². The molecule has 0 aliphatic rings. The van der Waals surface area contributed by atoms with Crippen LogP contribution >= 0.6 is 0 Å². The second kappa shape index (κ2) is 5.21. The maximum absolute atomic E-state index is 6.02. The SMILES string of the molecule is Cc1cnn(CCNc2c(N)cnc3ccccc23)c1. The lowest BCUT2D eigenvalue weighted by atomic mass is 10.1. The van der Waals surface area contributed by atoms with Gasteiger partial charge in [-0.05, 0) is 18.6 Å². The van der Waals surface area contributed by atoms with Crippen molar-refractivity contribution in [1.29, 1.82) is 0 Å². The highest BCUT2D eigenvalue weighted by atomic mass is 15.3. The molecule has 0 fully saturated rings. The quantitative estimate of drug-likeness (QED) is 0.761. The van der Waals surface area contributed by atoms with Gasteiger partial charge in [0, 0.05) is 18.1 Å².